The Morgan fingerprint density at radius 1 is 1.17 bits per heavy atom. The maximum absolute atomic E-state index is 11.5. The van der Waals surface area contributed by atoms with E-state index in [0.717, 1.165) is 6.26 Å². The van der Waals surface area contributed by atoms with Crippen molar-refractivity contribution in [3.8, 4) is 11.3 Å². The number of nitrogens with zero attached hydrogens (tertiary/aromatic N) is 2. The lowest BCUT2D eigenvalue weighted by molar-refractivity contribution is -0.136. The van der Waals surface area contributed by atoms with Gasteiger partial charge in [0.15, 0.2) is 9.84 Å². The maximum atomic E-state index is 11.5. The molecule has 0 spiro atoms. The number of hydrogen-bond acceptors (Lipinski definition) is 4. The lowest BCUT2D eigenvalue weighted by Crippen LogP contribution is -2.04. The average molecular weight is 330 g/mol. The van der Waals surface area contributed by atoms with E-state index in [4.69, 9.17) is 5.11 Å². The Balaban J connectivity index is 2.17. The summed E-state index contributed by atoms with van der Waals surface area (Å²) in [5.74, 6) is -0.954. The smallest absolute Gasteiger partial charge is 0.309 e. The number of rotatable bonds is 4. The number of aromatic nitrogens is 2. The second-order valence-electron chi connectivity index (χ2n) is 5.20. The normalized spacial score (nSPS) is 11.7. The van der Waals surface area contributed by atoms with Gasteiger partial charge in [0.05, 0.1) is 22.7 Å². The maximum Gasteiger partial charge on any atom is 0.309 e. The Morgan fingerprint density at radius 3 is 2.48 bits per heavy atom. The van der Waals surface area contributed by atoms with Crippen molar-refractivity contribution in [2.75, 3.05) is 6.26 Å². The fourth-order valence-corrected chi connectivity index (χ4v) is 3.08. The number of hydrogen-bond donors (Lipinski definition) is 1. The Labute approximate surface area is 133 Å². The predicted octanol–water partition coefficient (Wildman–Crippen LogP) is 2.03. The number of pyridine rings is 1. The molecule has 0 amide bonds. The van der Waals surface area contributed by atoms with E-state index in [1.54, 1.807) is 34.9 Å². The van der Waals surface area contributed by atoms with Crippen LogP contribution in [0, 0.1) is 0 Å². The average Bonchev–Trinajstić information content (AvgIpc) is 2.85. The number of carbonyl (C=O) groups is 1. The molecule has 1 aromatic carbocycles. The van der Waals surface area contributed by atoms with Crippen molar-refractivity contribution < 1.29 is 18.3 Å². The van der Waals surface area contributed by atoms with E-state index < -0.39 is 15.8 Å². The molecule has 0 aliphatic heterocycles. The molecule has 0 atom stereocenters. The molecule has 2 aromatic heterocycles. The van der Waals surface area contributed by atoms with Crippen molar-refractivity contribution in [1.82, 2.24) is 9.38 Å². The highest BCUT2D eigenvalue weighted by Gasteiger charge is 2.17. The van der Waals surface area contributed by atoms with Crippen LogP contribution < -0.4 is 0 Å². The molecule has 0 radical (unpaired) electrons. The second kappa shape index (κ2) is 5.51. The van der Waals surface area contributed by atoms with Crippen molar-refractivity contribution in [3.63, 3.8) is 0 Å². The number of benzene rings is 1. The molecule has 0 bridgehead atoms. The highest BCUT2D eigenvalue weighted by atomic mass is 32.2. The summed E-state index contributed by atoms with van der Waals surface area (Å²) >= 11 is 0. The summed E-state index contributed by atoms with van der Waals surface area (Å²) in [6.07, 6.45) is 2.73. The van der Waals surface area contributed by atoms with E-state index in [-0.39, 0.29) is 11.3 Å². The molecular formula is C16H14N2O4S. The summed E-state index contributed by atoms with van der Waals surface area (Å²) in [6.45, 7) is 0. The second-order valence-corrected chi connectivity index (χ2v) is 7.22. The van der Waals surface area contributed by atoms with Gasteiger partial charge >= 0.3 is 5.97 Å². The molecule has 2 heterocycles. The predicted molar refractivity (Wildman–Crippen MR) is 85.1 cm³/mol. The van der Waals surface area contributed by atoms with Crippen molar-refractivity contribution in [2.45, 2.75) is 11.3 Å². The molecule has 0 aliphatic rings. The number of aliphatic carboxylic acids is 1. The van der Waals surface area contributed by atoms with Crippen molar-refractivity contribution >= 4 is 21.5 Å². The number of fused-ring (bicyclic) bond motifs is 1. The highest BCUT2D eigenvalue weighted by molar-refractivity contribution is 7.90. The molecule has 6 nitrogen and oxygen atoms in total. The van der Waals surface area contributed by atoms with Gasteiger partial charge in [-0.15, -0.1) is 0 Å². The van der Waals surface area contributed by atoms with E-state index in [1.807, 2.05) is 6.07 Å². The lowest BCUT2D eigenvalue weighted by Gasteiger charge is -2.04. The largest absolute Gasteiger partial charge is 0.481 e. The van der Waals surface area contributed by atoms with Gasteiger partial charge in [0.1, 0.15) is 5.65 Å². The molecule has 1 N–H and O–H groups in total. The summed E-state index contributed by atoms with van der Waals surface area (Å²) in [4.78, 5) is 15.8. The molecule has 0 fully saturated rings. The Morgan fingerprint density at radius 2 is 1.87 bits per heavy atom. The van der Waals surface area contributed by atoms with Gasteiger partial charge in [-0.1, -0.05) is 18.2 Å². The molecule has 0 aliphatic carbocycles. The minimum atomic E-state index is -3.28. The minimum Gasteiger partial charge on any atom is -0.481 e. The lowest BCUT2D eigenvalue weighted by atomic mass is 10.1. The zero-order valence-corrected chi connectivity index (χ0v) is 13.1. The third kappa shape index (κ3) is 2.95. The standard InChI is InChI=1S/C16H14N2O4S/c1-23(21,22)12-7-5-11(6-8-12)16-13(10-15(19)20)18-9-3-2-4-14(18)17-16/h2-9H,10H2,1H3,(H,19,20). The Hall–Kier alpha value is -2.67. The first kappa shape index (κ1) is 15.2. The summed E-state index contributed by atoms with van der Waals surface area (Å²) in [5, 5.41) is 9.15. The fraction of sp³-hybridized carbons (Fsp3) is 0.125. The minimum absolute atomic E-state index is 0.172. The SMILES string of the molecule is CS(=O)(=O)c1ccc(-c2nc3ccccn3c2CC(=O)O)cc1. The topological polar surface area (TPSA) is 88.7 Å². The van der Waals surface area contributed by atoms with E-state index in [0.29, 0.717) is 22.6 Å². The first-order valence-electron chi connectivity index (χ1n) is 6.84. The number of sulfone groups is 1. The molecular weight excluding hydrogens is 316 g/mol. The monoisotopic (exact) mass is 330 g/mol. The van der Waals surface area contributed by atoms with E-state index in [9.17, 15) is 13.2 Å². The first-order chi connectivity index (χ1) is 10.9. The van der Waals surface area contributed by atoms with Gasteiger partial charge in [-0.25, -0.2) is 13.4 Å². The summed E-state index contributed by atoms with van der Waals surface area (Å²) in [5.41, 5.74) is 2.42. The first-order valence-corrected chi connectivity index (χ1v) is 8.73. The molecule has 0 unspecified atom stereocenters. The number of imidazole rings is 1. The summed E-state index contributed by atoms with van der Waals surface area (Å²) in [7, 11) is -3.28. The van der Waals surface area contributed by atoms with Crippen LogP contribution in [0.5, 0.6) is 0 Å². The van der Waals surface area contributed by atoms with Crippen LogP contribution in [0.3, 0.4) is 0 Å². The van der Waals surface area contributed by atoms with Crippen LogP contribution in [0.2, 0.25) is 0 Å². The van der Waals surface area contributed by atoms with Gasteiger partial charge in [-0.3, -0.25) is 4.79 Å². The van der Waals surface area contributed by atoms with Crippen LogP contribution in [0.1, 0.15) is 5.69 Å². The summed E-state index contributed by atoms with van der Waals surface area (Å²) < 4.78 is 24.8. The quantitative estimate of drug-likeness (QED) is 0.791. The molecule has 23 heavy (non-hydrogen) atoms. The van der Waals surface area contributed by atoms with Crippen molar-refractivity contribution in [3.05, 3.63) is 54.4 Å². The summed E-state index contributed by atoms with van der Waals surface area (Å²) in [6, 6.07) is 11.7. The van der Waals surface area contributed by atoms with Gasteiger partial charge in [0.25, 0.3) is 0 Å². The highest BCUT2D eigenvalue weighted by Crippen LogP contribution is 2.26. The van der Waals surface area contributed by atoms with E-state index in [2.05, 4.69) is 4.98 Å². The van der Waals surface area contributed by atoms with Gasteiger partial charge in [0.2, 0.25) is 0 Å². The third-order valence-electron chi connectivity index (χ3n) is 3.50. The van der Waals surface area contributed by atoms with Crippen LogP contribution in [-0.2, 0) is 21.1 Å². The number of carboxylic acid groups (broad SMARTS) is 1. The van der Waals surface area contributed by atoms with Crippen LogP contribution in [-0.4, -0.2) is 35.1 Å². The van der Waals surface area contributed by atoms with Gasteiger partial charge in [-0.2, -0.15) is 0 Å². The van der Waals surface area contributed by atoms with Crippen LogP contribution in [0.25, 0.3) is 16.9 Å². The van der Waals surface area contributed by atoms with Gasteiger partial charge in [0, 0.05) is 18.0 Å². The number of carboxylic acids is 1. The molecule has 3 rings (SSSR count). The Bertz CT molecular complexity index is 989. The van der Waals surface area contributed by atoms with Crippen molar-refractivity contribution in [1.29, 1.82) is 0 Å². The molecule has 0 saturated carbocycles. The third-order valence-corrected chi connectivity index (χ3v) is 4.63. The van der Waals surface area contributed by atoms with Crippen molar-refractivity contribution in [2.24, 2.45) is 0 Å². The Kier molecular flexibility index (Phi) is 3.65. The van der Waals surface area contributed by atoms with Gasteiger partial charge < -0.3 is 9.51 Å². The van der Waals surface area contributed by atoms with E-state index in [1.165, 1.54) is 12.1 Å². The molecule has 7 heteroatoms. The van der Waals surface area contributed by atoms with Crippen LogP contribution in [0.4, 0.5) is 0 Å². The zero-order chi connectivity index (χ0) is 16.6. The molecule has 118 valence electrons. The molecule has 3 aromatic rings. The van der Waals surface area contributed by atoms with Gasteiger partial charge in [-0.05, 0) is 24.3 Å². The van der Waals surface area contributed by atoms with Crippen LogP contribution >= 0.6 is 0 Å². The molecule has 0 saturated heterocycles. The zero-order valence-electron chi connectivity index (χ0n) is 12.3. The van der Waals surface area contributed by atoms with Crippen LogP contribution in [0.15, 0.2) is 53.6 Å². The van der Waals surface area contributed by atoms with E-state index >= 15 is 0 Å². The fourth-order valence-electron chi connectivity index (χ4n) is 2.45.